The van der Waals surface area contributed by atoms with Crippen LogP contribution in [0.25, 0.3) is 0 Å². The number of rotatable bonds is 5. The van der Waals surface area contributed by atoms with Gasteiger partial charge < -0.3 is 4.74 Å². The molecule has 0 fully saturated rings. The van der Waals surface area contributed by atoms with Gasteiger partial charge in [0.2, 0.25) is 0 Å². The summed E-state index contributed by atoms with van der Waals surface area (Å²) in [4.78, 5) is 11.7. The highest BCUT2D eigenvalue weighted by Crippen LogP contribution is 2.13. The average molecular weight is 341 g/mol. The molecule has 5 heteroatoms. The van der Waals surface area contributed by atoms with Crippen molar-refractivity contribution in [2.45, 2.75) is 6.61 Å². The lowest BCUT2D eigenvalue weighted by Crippen LogP contribution is -2.11. The Kier molecular flexibility index (Phi) is 4.98. The lowest BCUT2D eigenvalue weighted by molar-refractivity contribution is 0.0722. The molecule has 0 spiro atoms. The van der Waals surface area contributed by atoms with Gasteiger partial charge in [-0.15, -0.1) is 0 Å². The first-order valence-electron chi connectivity index (χ1n) is 5.86. The predicted molar refractivity (Wildman–Crippen MR) is 74.5 cm³/mol. The van der Waals surface area contributed by atoms with Crippen LogP contribution < -0.4 is 0 Å². The minimum atomic E-state index is -0.874. The molecule has 0 amide bonds. The quantitative estimate of drug-likeness (QED) is 0.765. The summed E-state index contributed by atoms with van der Waals surface area (Å²) in [5.41, 5.74) is 0.729. The van der Waals surface area contributed by atoms with Crippen LogP contribution >= 0.6 is 15.9 Å². The van der Waals surface area contributed by atoms with Crippen molar-refractivity contribution in [3.63, 3.8) is 0 Å². The number of hydrogen-bond donors (Lipinski definition) is 0. The van der Waals surface area contributed by atoms with Gasteiger partial charge in [-0.1, -0.05) is 28.1 Å². The van der Waals surface area contributed by atoms with Crippen molar-refractivity contribution in [3.8, 4) is 0 Å². The summed E-state index contributed by atoms with van der Waals surface area (Å²) < 4.78 is 32.3. The van der Waals surface area contributed by atoms with Crippen LogP contribution in [0.5, 0.6) is 0 Å². The topological polar surface area (TPSA) is 26.3 Å². The van der Waals surface area contributed by atoms with Crippen LogP contribution in [0, 0.1) is 11.6 Å². The van der Waals surface area contributed by atoms with Gasteiger partial charge in [0.1, 0.15) is 18.2 Å². The van der Waals surface area contributed by atoms with Crippen molar-refractivity contribution in [2.24, 2.45) is 0 Å². The second-order valence-corrected chi connectivity index (χ2v) is 5.09. The molecule has 0 heterocycles. The van der Waals surface area contributed by atoms with Gasteiger partial charge in [-0.3, -0.25) is 4.79 Å². The minimum Gasteiger partial charge on any atom is -0.369 e. The molecule has 0 aromatic heterocycles. The van der Waals surface area contributed by atoms with Crippen molar-refractivity contribution in [1.82, 2.24) is 0 Å². The van der Waals surface area contributed by atoms with Gasteiger partial charge in [0.25, 0.3) is 0 Å². The second-order valence-electron chi connectivity index (χ2n) is 4.17. The third kappa shape index (κ3) is 3.95. The molecular formula is C15H11BrF2O2. The molecule has 0 radical (unpaired) electrons. The van der Waals surface area contributed by atoms with E-state index in [1.54, 1.807) is 0 Å². The molecular weight excluding hydrogens is 330 g/mol. The number of hydrogen-bond acceptors (Lipinski definition) is 2. The average Bonchev–Trinajstić information content (AvgIpc) is 2.38. The molecule has 0 aliphatic heterocycles. The summed E-state index contributed by atoms with van der Waals surface area (Å²) in [6.07, 6.45) is 0. The van der Waals surface area contributed by atoms with Crippen LogP contribution in [0.4, 0.5) is 8.78 Å². The van der Waals surface area contributed by atoms with Gasteiger partial charge in [-0.05, 0) is 29.8 Å². The lowest BCUT2D eigenvalue weighted by Gasteiger charge is -2.05. The molecule has 0 atom stereocenters. The van der Waals surface area contributed by atoms with E-state index in [9.17, 15) is 13.6 Å². The predicted octanol–water partition coefficient (Wildman–Crippen LogP) is 4.13. The van der Waals surface area contributed by atoms with E-state index in [-0.39, 0.29) is 18.8 Å². The molecule has 0 N–H and O–H groups in total. The molecule has 0 bridgehead atoms. The van der Waals surface area contributed by atoms with E-state index in [4.69, 9.17) is 4.74 Å². The van der Waals surface area contributed by atoms with Crippen molar-refractivity contribution < 1.29 is 18.3 Å². The number of carbonyl (C=O) groups excluding carboxylic acids is 1. The molecule has 2 rings (SSSR count). The Morgan fingerprint density at radius 3 is 2.65 bits per heavy atom. The largest absolute Gasteiger partial charge is 0.369 e. The van der Waals surface area contributed by atoms with Crippen LogP contribution in [0.15, 0.2) is 46.9 Å². The molecule has 2 aromatic rings. The maximum Gasteiger partial charge on any atom is 0.191 e. The van der Waals surface area contributed by atoms with Gasteiger partial charge in [-0.25, -0.2) is 8.78 Å². The first-order valence-corrected chi connectivity index (χ1v) is 6.66. The Hall–Kier alpha value is -1.59. The van der Waals surface area contributed by atoms with Crippen LogP contribution in [-0.2, 0) is 11.3 Å². The number of carbonyl (C=O) groups is 1. The monoisotopic (exact) mass is 340 g/mol. The zero-order chi connectivity index (χ0) is 14.5. The molecule has 0 aliphatic carbocycles. The number of Topliss-reactive ketones (excluding diaryl/α,β-unsaturated/α-hetero) is 1. The SMILES string of the molecule is O=C(COCc1cccc(Br)c1)c1ccc(F)cc1F. The standard InChI is InChI=1S/C15H11BrF2O2/c16-11-3-1-2-10(6-11)8-20-9-15(19)13-5-4-12(17)7-14(13)18/h1-7H,8-9H2. The second kappa shape index (κ2) is 6.72. The summed E-state index contributed by atoms with van der Waals surface area (Å²) in [6, 6.07) is 10.3. The Bertz CT molecular complexity index is 629. The molecule has 0 unspecified atom stereocenters. The Morgan fingerprint density at radius 2 is 1.95 bits per heavy atom. The van der Waals surface area contributed by atoms with E-state index in [2.05, 4.69) is 15.9 Å². The van der Waals surface area contributed by atoms with Crippen LogP contribution in [0.2, 0.25) is 0 Å². The fraction of sp³-hybridized carbons (Fsp3) is 0.133. The lowest BCUT2D eigenvalue weighted by atomic mass is 10.1. The normalized spacial score (nSPS) is 10.6. The van der Waals surface area contributed by atoms with Crippen molar-refractivity contribution in [3.05, 3.63) is 69.7 Å². The summed E-state index contributed by atoms with van der Waals surface area (Å²) >= 11 is 3.33. The first kappa shape index (κ1) is 14.8. The zero-order valence-corrected chi connectivity index (χ0v) is 12.0. The van der Waals surface area contributed by atoms with E-state index in [0.717, 1.165) is 22.2 Å². The minimum absolute atomic E-state index is 0.166. The summed E-state index contributed by atoms with van der Waals surface area (Å²) in [7, 11) is 0. The maximum absolute atomic E-state index is 13.4. The highest BCUT2D eigenvalue weighted by atomic mass is 79.9. The highest BCUT2D eigenvalue weighted by molar-refractivity contribution is 9.10. The molecule has 0 aliphatic rings. The Labute approximate surface area is 123 Å². The van der Waals surface area contributed by atoms with E-state index >= 15 is 0 Å². The van der Waals surface area contributed by atoms with Crippen molar-refractivity contribution >= 4 is 21.7 Å². The number of ether oxygens (including phenoxy) is 1. The third-order valence-corrected chi connectivity index (χ3v) is 3.12. The van der Waals surface area contributed by atoms with E-state index < -0.39 is 17.4 Å². The Balaban J connectivity index is 1.92. The maximum atomic E-state index is 13.4. The molecule has 104 valence electrons. The molecule has 0 saturated heterocycles. The molecule has 2 nitrogen and oxygen atoms in total. The van der Waals surface area contributed by atoms with Crippen molar-refractivity contribution in [2.75, 3.05) is 6.61 Å². The van der Waals surface area contributed by atoms with Gasteiger partial charge in [0.15, 0.2) is 5.78 Å². The summed E-state index contributed by atoms with van der Waals surface area (Å²) in [5, 5.41) is 0. The number of benzene rings is 2. The third-order valence-electron chi connectivity index (χ3n) is 2.62. The number of ketones is 1. The molecule has 20 heavy (non-hydrogen) atoms. The van der Waals surface area contributed by atoms with E-state index in [1.807, 2.05) is 24.3 Å². The van der Waals surface area contributed by atoms with E-state index in [1.165, 1.54) is 0 Å². The smallest absolute Gasteiger partial charge is 0.191 e. The van der Waals surface area contributed by atoms with Crippen molar-refractivity contribution in [1.29, 1.82) is 0 Å². The molecule has 2 aromatic carbocycles. The van der Waals surface area contributed by atoms with Gasteiger partial charge in [-0.2, -0.15) is 0 Å². The van der Waals surface area contributed by atoms with Crippen LogP contribution in [-0.4, -0.2) is 12.4 Å². The fourth-order valence-corrected chi connectivity index (χ4v) is 2.13. The van der Waals surface area contributed by atoms with Crippen LogP contribution in [0.3, 0.4) is 0 Å². The van der Waals surface area contributed by atoms with E-state index in [0.29, 0.717) is 6.07 Å². The van der Waals surface area contributed by atoms with Crippen LogP contribution in [0.1, 0.15) is 15.9 Å². The van der Waals surface area contributed by atoms with Gasteiger partial charge in [0, 0.05) is 10.5 Å². The van der Waals surface area contributed by atoms with Gasteiger partial charge in [0.05, 0.1) is 12.2 Å². The first-order chi connectivity index (χ1) is 9.56. The Morgan fingerprint density at radius 1 is 1.15 bits per heavy atom. The fourth-order valence-electron chi connectivity index (χ4n) is 1.68. The summed E-state index contributed by atoms with van der Waals surface area (Å²) in [5.74, 6) is -2.10. The number of halogens is 3. The molecule has 0 saturated carbocycles. The summed E-state index contributed by atoms with van der Waals surface area (Å²) in [6.45, 7) is -0.0109. The highest BCUT2D eigenvalue weighted by Gasteiger charge is 2.12. The van der Waals surface area contributed by atoms with Gasteiger partial charge >= 0.3 is 0 Å². The zero-order valence-electron chi connectivity index (χ0n) is 10.4.